The summed E-state index contributed by atoms with van der Waals surface area (Å²) in [6, 6.07) is 0. The Bertz CT molecular complexity index is 892. The van der Waals surface area contributed by atoms with Crippen molar-refractivity contribution in [1.82, 2.24) is 0 Å². The number of aliphatic hydroxyl groups excluding tert-OH is 2. The number of rotatable bonds is 26. The zero-order valence-electron chi connectivity index (χ0n) is 29.7. The molecule has 5 heteroatoms. The number of alkyl halides is 1. The molecule has 0 radical (unpaired) electrons. The number of carbonyl (C=O) groups is 1. The summed E-state index contributed by atoms with van der Waals surface area (Å²) in [4.78, 5) is 12.0. The van der Waals surface area contributed by atoms with Gasteiger partial charge in [-0.05, 0) is 69.1 Å². The first-order valence-corrected chi connectivity index (χ1v) is 19.8. The molecule has 5 atom stereocenters. The molecule has 0 bridgehead atoms. The summed E-state index contributed by atoms with van der Waals surface area (Å²) >= 11 is 6.61. The molecule has 0 unspecified atom stereocenters. The van der Waals surface area contributed by atoms with E-state index in [2.05, 4.69) is 50.0 Å². The highest BCUT2D eigenvalue weighted by molar-refractivity contribution is 6.21. The fourth-order valence-corrected chi connectivity index (χ4v) is 7.76. The number of ether oxygens (including phenoxy) is 1. The Morgan fingerprint density at radius 3 is 2.11 bits per heavy atom. The third-order valence-corrected chi connectivity index (χ3v) is 11.3. The van der Waals surface area contributed by atoms with Crippen LogP contribution in [0.5, 0.6) is 0 Å². The van der Waals surface area contributed by atoms with Gasteiger partial charge in [0.25, 0.3) is 0 Å². The second-order valence-corrected chi connectivity index (χ2v) is 14.8. The van der Waals surface area contributed by atoms with E-state index in [1.54, 1.807) is 0 Å². The maximum Gasteiger partial charge on any atom is 0.306 e. The Morgan fingerprint density at radius 1 is 0.891 bits per heavy atom. The summed E-state index contributed by atoms with van der Waals surface area (Å²) in [6.45, 7) is 4.65. The molecule has 0 amide bonds. The normalized spacial score (nSPS) is 23.0. The number of halogens is 1. The van der Waals surface area contributed by atoms with Gasteiger partial charge in [-0.1, -0.05) is 140 Å². The Hall–Kier alpha value is -1.28. The van der Waals surface area contributed by atoms with Crippen LogP contribution in [0, 0.1) is 29.1 Å². The third kappa shape index (κ3) is 16.7. The molecular weight excluding hydrogens is 592 g/mol. The molecule has 0 aliphatic heterocycles. The van der Waals surface area contributed by atoms with Gasteiger partial charge in [-0.2, -0.15) is 0 Å². The summed E-state index contributed by atoms with van der Waals surface area (Å²) in [6.07, 6.45) is 36.1. The molecular formula is C41H69ClO4. The van der Waals surface area contributed by atoms with E-state index < -0.39 is 6.10 Å². The van der Waals surface area contributed by atoms with Crippen molar-refractivity contribution in [2.75, 3.05) is 6.61 Å². The first-order valence-electron chi connectivity index (χ1n) is 19.4. The number of carbonyl (C=O) groups excluding carboxylic acids is 1. The van der Waals surface area contributed by atoms with Gasteiger partial charge in [0.05, 0.1) is 12.2 Å². The second-order valence-electron chi connectivity index (χ2n) is 14.3. The third-order valence-electron chi connectivity index (χ3n) is 10.8. The average Bonchev–Trinajstić information content (AvgIpc) is 3.29. The fraction of sp³-hybridized carbons (Fsp3) is 0.829. The van der Waals surface area contributed by atoms with E-state index in [0.717, 1.165) is 51.4 Å². The van der Waals surface area contributed by atoms with Crippen LogP contribution in [0.3, 0.4) is 0 Å². The Morgan fingerprint density at radius 2 is 1.52 bits per heavy atom. The first-order chi connectivity index (χ1) is 22.4. The van der Waals surface area contributed by atoms with Gasteiger partial charge in [-0.15, -0.1) is 11.6 Å². The highest BCUT2D eigenvalue weighted by Gasteiger charge is 2.42. The van der Waals surface area contributed by atoms with Gasteiger partial charge in [-0.25, -0.2) is 0 Å². The standard InChI is InChI=1S/C41H69ClO4/c1-3-5-6-7-8-9-10-11-12-13-14-15-16-17-18-21-24-33-46-40(45)30-23-20-19-22-27-35-36(38(43)34-37(35)42)28-25-29-39(44)41(4-2)31-26-32-41/h19,22,25,28,35-39,43-44H,3-18,20,23,26-27,29-34H2,1-2H3/b22-19-,28-25+/t35-,36-,37-,38-,39+/m1/s1. The van der Waals surface area contributed by atoms with Crippen molar-refractivity contribution in [1.29, 1.82) is 0 Å². The molecule has 2 N–H and O–H groups in total. The minimum absolute atomic E-state index is 0.0174. The minimum atomic E-state index is -0.435. The van der Waals surface area contributed by atoms with Crippen LogP contribution in [-0.4, -0.2) is 40.4 Å². The molecule has 0 aromatic rings. The summed E-state index contributed by atoms with van der Waals surface area (Å²) in [5, 5.41) is 21.3. The van der Waals surface area contributed by atoms with Gasteiger partial charge in [0.1, 0.15) is 0 Å². The van der Waals surface area contributed by atoms with Crippen molar-refractivity contribution in [3.8, 4) is 11.8 Å². The predicted octanol–water partition coefficient (Wildman–Crippen LogP) is 11.0. The molecule has 0 heterocycles. The van der Waals surface area contributed by atoms with Crippen molar-refractivity contribution < 1.29 is 19.7 Å². The molecule has 2 saturated carbocycles. The second kappa shape index (κ2) is 25.7. The van der Waals surface area contributed by atoms with E-state index in [-0.39, 0.29) is 41.3 Å². The highest BCUT2D eigenvalue weighted by atomic mass is 35.5. The van der Waals surface area contributed by atoms with Gasteiger partial charge in [0, 0.05) is 24.1 Å². The Labute approximate surface area is 288 Å². The highest BCUT2D eigenvalue weighted by Crippen LogP contribution is 2.48. The molecule has 46 heavy (non-hydrogen) atoms. The predicted molar refractivity (Wildman–Crippen MR) is 195 cm³/mol. The molecule has 2 rings (SSSR count). The summed E-state index contributed by atoms with van der Waals surface area (Å²) in [5.74, 6) is 6.16. The van der Waals surface area contributed by atoms with Crippen LogP contribution in [0.1, 0.15) is 174 Å². The van der Waals surface area contributed by atoms with E-state index in [4.69, 9.17) is 16.3 Å². The van der Waals surface area contributed by atoms with Gasteiger partial charge < -0.3 is 14.9 Å². The molecule has 264 valence electrons. The smallest absolute Gasteiger partial charge is 0.306 e. The number of unbranched alkanes of at least 4 members (excludes halogenated alkanes) is 15. The van der Waals surface area contributed by atoms with Crippen molar-refractivity contribution in [3.63, 3.8) is 0 Å². The zero-order valence-corrected chi connectivity index (χ0v) is 30.4. The van der Waals surface area contributed by atoms with Crippen molar-refractivity contribution in [2.24, 2.45) is 17.3 Å². The summed E-state index contributed by atoms with van der Waals surface area (Å²) in [7, 11) is 0. The SMILES string of the molecule is CCCCCCCCCCCCCCCCC#CCOC(=O)CCC/C=C\C[C@@H]1[C@@H](/C=C/C[C@H](O)C2(CC)CCC2)[C@H](O)C[C@H]1Cl. The minimum Gasteiger partial charge on any atom is -0.452 e. The van der Waals surface area contributed by atoms with Crippen LogP contribution < -0.4 is 0 Å². The maximum atomic E-state index is 12.0. The number of hydrogen-bond acceptors (Lipinski definition) is 4. The molecule has 2 aliphatic rings. The molecule has 0 saturated heterocycles. The Balaban J connectivity index is 1.44. The number of allylic oxidation sites excluding steroid dienone is 2. The van der Waals surface area contributed by atoms with E-state index in [1.807, 2.05) is 0 Å². The van der Waals surface area contributed by atoms with Crippen LogP contribution in [0.15, 0.2) is 24.3 Å². The van der Waals surface area contributed by atoms with Gasteiger partial charge in [0.2, 0.25) is 0 Å². The lowest BCUT2D eigenvalue weighted by Crippen LogP contribution is -2.40. The van der Waals surface area contributed by atoms with Crippen molar-refractivity contribution in [2.45, 2.75) is 192 Å². The molecule has 0 spiro atoms. The topological polar surface area (TPSA) is 66.8 Å². The van der Waals surface area contributed by atoms with Gasteiger partial charge >= 0.3 is 5.97 Å². The molecule has 2 aliphatic carbocycles. The van der Waals surface area contributed by atoms with Crippen LogP contribution in [-0.2, 0) is 9.53 Å². The number of hydrogen-bond donors (Lipinski definition) is 2. The number of esters is 1. The van der Waals surface area contributed by atoms with Crippen molar-refractivity contribution >= 4 is 17.6 Å². The van der Waals surface area contributed by atoms with E-state index in [1.165, 1.54) is 89.9 Å². The molecule has 4 nitrogen and oxygen atoms in total. The van der Waals surface area contributed by atoms with Crippen LogP contribution in [0.4, 0.5) is 0 Å². The molecule has 0 aromatic heterocycles. The van der Waals surface area contributed by atoms with E-state index in [9.17, 15) is 15.0 Å². The van der Waals surface area contributed by atoms with Crippen LogP contribution in [0.2, 0.25) is 0 Å². The summed E-state index contributed by atoms with van der Waals surface area (Å²) < 4.78 is 5.28. The number of aliphatic hydroxyl groups is 2. The summed E-state index contributed by atoms with van der Waals surface area (Å²) in [5.41, 5.74) is 0.0982. The fourth-order valence-electron chi connectivity index (χ4n) is 7.30. The quantitative estimate of drug-likeness (QED) is 0.0318. The lowest BCUT2D eigenvalue weighted by molar-refractivity contribution is -0.142. The maximum absolute atomic E-state index is 12.0. The Kier molecular flexibility index (Phi) is 22.8. The zero-order chi connectivity index (χ0) is 33.3. The van der Waals surface area contributed by atoms with Crippen molar-refractivity contribution in [3.05, 3.63) is 24.3 Å². The first kappa shape index (κ1) is 40.9. The van der Waals surface area contributed by atoms with E-state index >= 15 is 0 Å². The molecule has 0 aromatic carbocycles. The molecule has 2 fully saturated rings. The van der Waals surface area contributed by atoms with Crippen LogP contribution >= 0.6 is 11.6 Å². The monoisotopic (exact) mass is 660 g/mol. The largest absolute Gasteiger partial charge is 0.452 e. The lowest BCUT2D eigenvalue weighted by atomic mass is 9.63. The average molecular weight is 661 g/mol. The van der Waals surface area contributed by atoms with Gasteiger partial charge in [0.15, 0.2) is 6.61 Å². The van der Waals surface area contributed by atoms with Gasteiger partial charge in [-0.3, -0.25) is 4.79 Å². The van der Waals surface area contributed by atoms with E-state index in [0.29, 0.717) is 19.3 Å². The lowest BCUT2D eigenvalue weighted by Gasteiger charge is -2.45. The van der Waals surface area contributed by atoms with Crippen LogP contribution in [0.25, 0.3) is 0 Å².